The number of carbonyl (C=O) groups is 3. The molecule has 1 heterocycles. The number of thioether (sulfide) groups is 1. The summed E-state index contributed by atoms with van der Waals surface area (Å²) in [6.07, 6.45) is 1.28. The van der Waals surface area contributed by atoms with Crippen molar-refractivity contribution in [2.45, 2.75) is 38.1 Å². The van der Waals surface area contributed by atoms with Crippen molar-refractivity contribution in [3.63, 3.8) is 0 Å². The lowest BCUT2D eigenvalue weighted by atomic mass is 10.1. The average Bonchev–Trinajstić information content (AvgIpc) is 2.51. The summed E-state index contributed by atoms with van der Waals surface area (Å²) < 4.78 is 10.0. The number of ether oxygens (including phenoxy) is 2. The predicted octanol–water partition coefficient (Wildman–Crippen LogP) is 0.725. The second-order valence-corrected chi connectivity index (χ2v) is 6.65. The van der Waals surface area contributed by atoms with Gasteiger partial charge in [-0.05, 0) is 19.8 Å². The van der Waals surface area contributed by atoms with Crippen LogP contribution in [0, 0.1) is 0 Å². The van der Waals surface area contributed by atoms with E-state index in [1.54, 1.807) is 26.0 Å². The molecule has 0 aromatic carbocycles. The standard InChI is InChI=1S/C15H26N2O5S/c1-11-13(19)17(8-6-10-22-4)15(23-12(2)18)14(20)16(11)7-5-9-21-3/h11,15H,5-10H2,1-4H3. The van der Waals surface area contributed by atoms with Gasteiger partial charge in [-0.2, -0.15) is 0 Å². The quantitative estimate of drug-likeness (QED) is 0.573. The molecular weight excluding hydrogens is 320 g/mol. The molecule has 0 bridgehead atoms. The Morgan fingerprint density at radius 2 is 1.57 bits per heavy atom. The minimum absolute atomic E-state index is 0.128. The van der Waals surface area contributed by atoms with E-state index in [-0.39, 0.29) is 16.9 Å². The van der Waals surface area contributed by atoms with E-state index in [0.717, 1.165) is 11.8 Å². The Balaban J connectivity index is 2.88. The van der Waals surface area contributed by atoms with Crippen molar-refractivity contribution in [1.82, 2.24) is 9.80 Å². The smallest absolute Gasteiger partial charge is 0.257 e. The molecule has 132 valence electrons. The van der Waals surface area contributed by atoms with Crippen LogP contribution in [0.2, 0.25) is 0 Å². The summed E-state index contributed by atoms with van der Waals surface area (Å²) in [6.45, 7) is 5.00. The Hall–Kier alpha value is -1.12. The predicted molar refractivity (Wildman–Crippen MR) is 87.9 cm³/mol. The zero-order valence-corrected chi connectivity index (χ0v) is 15.1. The van der Waals surface area contributed by atoms with Crippen molar-refractivity contribution >= 4 is 28.7 Å². The largest absolute Gasteiger partial charge is 0.385 e. The second-order valence-electron chi connectivity index (χ2n) is 5.39. The summed E-state index contributed by atoms with van der Waals surface area (Å²) >= 11 is 0.901. The van der Waals surface area contributed by atoms with Crippen molar-refractivity contribution in [3.8, 4) is 0 Å². The van der Waals surface area contributed by atoms with Crippen LogP contribution in [0.4, 0.5) is 0 Å². The van der Waals surface area contributed by atoms with Gasteiger partial charge in [-0.15, -0.1) is 0 Å². The van der Waals surface area contributed by atoms with Gasteiger partial charge in [0.15, 0.2) is 10.5 Å². The molecule has 23 heavy (non-hydrogen) atoms. The van der Waals surface area contributed by atoms with Gasteiger partial charge < -0.3 is 19.3 Å². The lowest BCUT2D eigenvalue weighted by molar-refractivity contribution is -0.157. The van der Waals surface area contributed by atoms with E-state index < -0.39 is 11.4 Å². The Morgan fingerprint density at radius 1 is 1.04 bits per heavy atom. The molecule has 2 unspecified atom stereocenters. The maximum absolute atomic E-state index is 12.7. The highest BCUT2D eigenvalue weighted by molar-refractivity contribution is 8.14. The lowest BCUT2D eigenvalue weighted by Gasteiger charge is -2.43. The fourth-order valence-electron chi connectivity index (χ4n) is 2.52. The molecule has 0 aliphatic carbocycles. The molecule has 7 nitrogen and oxygen atoms in total. The van der Waals surface area contributed by atoms with Crippen LogP contribution in [0.5, 0.6) is 0 Å². The van der Waals surface area contributed by atoms with Gasteiger partial charge in [-0.1, -0.05) is 11.8 Å². The Bertz CT molecular complexity index is 432. The SMILES string of the molecule is COCCCN1C(=O)C(SC(C)=O)N(CCCOC)C(=O)C1C. The van der Waals surface area contributed by atoms with Crippen LogP contribution >= 0.6 is 11.8 Å². The molecule has 1 saturated heterocycles. The molecule has 2 amide bonds. The minimum atomic E-state index is -0.782. The molecule has 1 fully saturated rings. The van der Waals surface area contributed by atoms with Crippen LogP contribution < -0.4 is 0 Å². The zero-order chi connectivity index (χ0) is 17.4. The van der Waals surface area contributed by atoms with E-state index in [0.29, 0.717) is 39.1 Å². The van der Waals surface area contributed by atoms with Gasteiger partial charge in [-0.3, -0.25) is 14.4 Å². The first-order valence-corrected chi connectivity index (χ1v) is 8.58. The van der Waals surface area contributed by atoms with Crippen molar-refractivity contribution in [3.05, 3.63) is 0 Å². The molecule has 2 atom stereocenters. The van der Waals surface area contributed by atoms with E-state index in [9.17, 15) is 14.4 Å². The Morgan fingerprint density at radius 3 is 2.04 bits per heavy atom. The summed E-state index contributed by atoms with van der Waals surface area (Å²) in [6, 6.07) is -0.522. The van der Waals surface area contributed by atoms with Crippen LogP contribution in [0.15, 0.2) is 0 Å². The first kappa shape index (κ1) is 19.9. The van der Waals surface area contributed by atoms with Crippen molar-refractivity contribution in [1.29, 1.82) is 0 Å². The normalized spacial score (nSPS) is 21.9. The Labute approximate surface area is 141 Å². The van der Waals surface area contributed by atoms with Crippen LogP contribution in [-0.2, 0) is 23.9 Å². The highest BCUT2D eigenvalue weighted by Crippen LogP contribution is 2.27. The first-order chi connectivity index (χ1) is 10.9. The summed E-state index contributed by atoms with van der Waals surface area (Å²) in [5.74, 6) is -0.317. The van der Waals surface area contributed by atoms with E-state index in [2.05, 4.69) is 0 Å². The summed E-state index contributed by atoms with van der Waals surface area (Å²) in [4.78, 5) is 39.9. The van der Waals surface area contributed by atoms with Gasteiger partial charge in [-0.25, -0.2) is 0 Å². The summed E-state index contributed by atoms with van der Waals surface area (Å²) in [5, 5.41) is -0.963. The Kier molecular flexibility index (Phi) is 8.57. The van der Waals surface area contributed by atoms with Crippen LogP contribution in [0.1, 0.15) is 26.7 Å². The first-order valence-electron chi connectivity index (χ1n) is 7.70. The average molecular weight is 346 g/mol. The molecule has 1 aliphatic heterocycles. The fourth-order valence-corrected chi connectivity index (χ4v) is 3.40. The fraction of sp³-hybridized carbons (Fsp3) is 0.800. The molecule has 0 spiro atoms. The second kappa shape index (κ2) is 9.89. The molecular formula is C15H26N2O5S. The molecule has 0 aromatic heterocycles. The summed E-state index contributed by atoms with van der Waals surface area (Å²) in [5.41, 5.74) is 0. The van der Waals surface area contributed by atoms with Crippen molar-refractivity contribution in [2.75, 3.05) is 40.5 Å². The highest BCUT2D eigenvalue weighted by atomic mass is 32.2. The monoisotopic (exact) mass is 346 g/mol. The highest BCUT2D eigenvalue weighted by Gasteiger charge is 2.44. The number of piperazine rings is 1. The van der Waals surface area contributed by atoms with E-state index in [4.69, 9.17) is 9.47 Å². The molecule has 8 heteroatoms. The molecule has 1 rings (SSSR count). The zero-order valence-electron chi connectivity index (χ0n) is 14.2. The number of hydrogen-bond donors (Lipinski definition) is 0. The summed E-state index contributed by atoms with van der Waals surface area (Å²) in [7, 11) is 3.18. The van der Waals surface area contributed by atoms with Crippen LogP contribution in [-0.4, -0.2) is 78.7 Å². The van der Waals surface area contributed by atoms with Crippen LogP contribution in [0.25, 0.3) is 0 Å². The number of rotatable bonds is 9. The lowest BCUT2D eigenvalue weighted by Crippen LogP contribution is -2.63. The van der Waals surface area contributed by atoms with E-state index in [1.807, 2.05) is 0 Å². The molecule has 0 N–H and O–H groups in total. The minimum Gasteiger partial charge on any atom is -0.385 e. The molecule has 0 aromatic rings. The number of methoxy groups -OCH3 is 2. The van der Waals surface area contributed by atoms with Gasteiger partial charge in [0.2, 0.25) is 5.91 Å². The van der Waals surface area contributed by atoms with Gasteiger partial charge in [0, 0.05) is 47.4 Å². The van der Waals surface area contributed by atoms with Gasteiger partial charge >= 0.3 is 0 Å². The number of carbonyl (C=O) groups excluding carboxylic acids is 3. The number of nitrogens with zero attached hydrogens (tertiary/aromatic N) is 2. The molecule has 1 aliphatic rings. The van der Waals surface area contributed by atoms with Crippen molar-refractivity contribution in [2.24, 2.45) is 0 Å². The number of amides is 2. The third kappa shape index (κ3) is 5.47. The van der Waals surface area contributed by atoms with Crippen molar-refractivity contribution < 1.29 is 23.9 Å². The maximum Gasteiger partial charge on any atom is 0.257 e. The van der Waals surface area contributed by atoms with Gasteiger partial charge in [0.25, 0.3) is 5.91 Å². The third-order valence-corrected chi connectivity index (χ3v) is 4.67. The third-order valence-electron chi connectivity index (χ3n) is 3.66. The van der Waals surface area contributed by atoms with Gasteiger partial charge in [0.1, 0.15) is 6.04 Å². The van der Waals surface area contributed by atoms with E-state index >= 15 is 0 Å². The molecule has 0 radical (unpaired) electrons. The topological polar surface area (TPSA) is 76.2 Å². The van der Waals surface area contributed by atoms with Crippen LogP contribution in [0.3, 0.4) is 0 Å². The number of hydrogen-bond acceptors (Lipinski definition) is 6. The maximum atomic E-state index is 12.7. The molecule has 0 saturated carbocycles. The van der Waals surface area contributed by atoms with Gasteiger partial charge in [0.05, 0.1) is 0 Å². The van der Waals surface area contributed by atoms with E-state index in [1.165, 1.54) is 11.8 Å².